The number of amides is 1. The van der Waals surface area contributed by atoms with Crippen molar-refractivity contribution in [3.63, 3.8) is 0 Å². The van der Waals surface area contributed by atoms with Gasteiger partial charge in [0.2, 0.25) is 0 Å². The number of fused-ring (bicyclic) bond motifs is 2. The summed E-state index contributed by atoms with van der Waals surface area (Å²) in [4.78, 5) is 15.0. The highest BCUT2D eigenvalue weighted by Crippen LogP contribution is 2.46. The Kier molecular flexibility index (Phi) is 3.84. The number of rotatable bonds is 2. The van der Waals surface area contributed by atoms with Gasteiger partial charge in [0.05, 0.1) is 5.69 Å². The molecule has 2 aromatic carbocycles. The molecule has 0 aliphatic carbocycles. The van der Waals surface area contributed by atoms with Crippen LogP contribution in [0.2, 0.25) is 0 Å². The van der Waals surface area contributed by atoms with Gasteiger partial charge in [0.15, 0.2) is 5.72 Å². The zero-order valence-corrected chi connectivity index (χ0v) is 15.1. The van der Waals surface area contributed by atoms with Crippen LogP contribution < -0.4 is 15.4 Å². The molecule has 1 fully saturated rings. The van der Waals surface area contributed by atoms with E-state index in [4.69, 9.17) is 4.74 Å². The Morgan fingerprint density at radius 2 is 1.93 bits per heavy atom. The summed E-state index contributed by atoms with van der Waals surface area (Å²) in [5, 5.41) is 18.7. The molecule has 3 heterocycles. The van der Waals surface area contributed by atoms with Gasteiger partial charge in [-0.25, -0.2) is 0 Å². The molecule has 0 bridgehead atoms. The van der Waals surface area contributed by atoms with Crippen molar-refractivity contribution < 1.29 is 14.6 Å². The molecule has 3 N–H and O–H groups in total. The van der Waals surface area contributed by atoms with E-state index in [1.54, 1.807) is 4.90 Å². The van der Waals surface area contributed by atoms with Crippen molar-refractivity contribution in [2.75, 3.05) is 31.6 Å². The molecule has 1 atom stereocenters. The number of benzene rings is 2. The summed E-state index contributed by atoms with van der Waals surface area (Å²) < 4.78 is 5.67. The van der Waals surface area contributed by atoms with Gasteiger partial charge < -0.3 is 20.5 Å². The van der Waals surface area contributed by atoms with Crippen LogP contribution in [0.25, 0.3) is 0 Å². The molecule has 1 saturated heterocycles. The second kappa shape index (κ2) is 6.25. The Morgan fingerprint density at radius 1 is 1.11 bits per heavy atom. The van der Waals surface area contributed by atoms with Crippen LogP contribution in [0.4, 0.5) is 5.69 Å². The van der Waals surface area contributed by atoms with Crippen LogP contribution in [-0.4, -0.2) is 48.2 Å². The zero-order chi connectivity index (χ0) is 18.4. The van der Waals surface area contributed by atoms with Crippen LogP contribution in [0.1, 0.15) is 34.3 Å². The largest absolute Gasteiger partial charge is 0.490 e. The molecule has 6 nitrogen and oxygen atoms in total. The van der Waals surface area contributed by atoms with Gasteiger partial charge in [-0.15, -0.1) is 0 Å². The van der Waals surface area contributed by atoms with Gasteiger partial charge in [0, 0.05) is 29.3 Å². The van der Waals surface area contributed by atoms with E-state index in [0.717, 1.165) is 43.9 Å². The number of hydrogen-bond acceptors (Lipinski definition) is 5. The highest BCUT2D eigenvalue weighted by atomic mass is 16.5. The standard InChI is InChI=1S/C21H23N3O3/c25-20-16-3-1-2-4-17(16)21(26,24(20)15-7-9-22-10-8-15)14-5-6-19-18(13-14)23-11-12-27-19/h1-6,13,15,22-23,26H,7-12H2. The highest BCUT2D eigenvalue weighted by Gasteiger charge is 2.52. The lowest BCUT2D eigenvalue weighted by atomic mass is 9.91. The maximum atomic E-state index is 13.3. The summed E-state index contributed by atoms with van der Waals surface area (Å²) in [7, 11) is 0. The van der Waals surface area contributed by atoms with Gasteiger partial charge in [-0.3, -0.25) is 9.69 Å². The van der Waals surface area contributed by atoms with Crippen LogP contribution in [0, 0.1) is 0 Å². The molecule has 3 aliphatic heterocycles. The molecule has 2 aromatic rings. The number of aliphatic hydroxyl groups is 1. The third-order valence-electron chi connectivity index (χ3n) is 5.83. The predicted molar refractivity (Wildman–Crippen MR) is 102 cm³/mol. The van der Waals surface area contributed by atoms with Crippen LogP contribution in [-0.2, 0) is 5.72 Å². The first-order valence-electron chi connectivity index (χ1n) is 9.57. The molecule has 1 amide bonds. The van der Waals surface area contributed by atoms with E-state index in [-0.39, 0.29) is 11.9 Å². The Bertz CT molecular complexity index is 894. The molecule has 0 aromatic heterocycles. The third kappa shape index (κ3) is 2.44. The number of carbonyl (C=O) groups excluding carboxylic acids is 1. The molecule has 6 heteroatoms. The summed E-state index contributed by atoms with van der Waals surface area (Å²) in [5.41, 5.74) is 1.32. The predicted octanol–water partition coefficient (Wildman–Crippen LogP) is 1.89. The summed E-state index contributed by atoms with van der Waals surface area (Å²) in [6.07, 6.45) is 1.66. The molecule has 0 saturated carbocycles. The van der Waals surface area contributed by atoms with Gasteiger partial charge >= 0.3 is 0 Å². The van der Waals surface area contributed by atoms with E-state index in [2.05, 4.69) is 10.6 Å². The molecule has 140 valence electrons. The molecule has 3 aliphatic rings. The van der Waals surface area contributed by atoms with E-state index in [1.807, 2.05) is 42.5 Å². The van der Waals surface area contributed by atoms with Crippen LogP contribution in [0.5, 0.6) is 5.75 Å². The molecular weight excluding hydrogens is 342 g/mol. The van der Waals surface area contributed by atoms with Crippen molar-refractivity contribution in [2.24, 2.45) is 0 Å². The number of nitrogens with one attached hydrogen (secondary N) is 2. The zero-order valence-electron chi connectivity index (χ0n) is 15.1. The summed E-state index contributed by atoms with van der Waals surface area (Å²) >= 11 is 0. The molecule has 5 rings (SSSR count). The Balaban J connectivity index is 1.66. The lowest BCUT2D eigenvalue weighted by molar-refractivity contribution is -0.0744. The molecule has 27 heavy (non-hydrogen) atoms. The highest BCUT2D eigenvalue weighted by molar-refractivity contribution is 6.00. The number of piperidine rings is 1. The number of hydrogen-bond donors (Lipinski definition) is 3. The first-order valence-corrected chi connectivity index (χ1v) is 9.57. The van der Waals surface area contributed by atoms with Gasteiger partial charge in [-0.2, -0.15) is 0 Å². The Hall–Kier alpha value is -2.57. The minimum absolute atomic E-state index is 0.00334. The third-order valence-corrected chi connectivity index (χ3v) is 5.83. The number of ether oxygens (including phenoxy) is 1. The van der Waals surface area contributed by atoms with Crippen molar-refractivity contribution in [1.82, 2.24) is 10.2 Å². The second-order valence-electron chi connectivity index (χ2n) is 7.36. The molecule has 1 unspecified atom stereocenters. The maximum absolute atomic E-state index is 13.3. The smallest absolute Gasteiger partial charge is 0.257 e. The van der Waals surface area contributed by atoms with E-state index in [9.17, 15) is 9.90 Å². The van der Waals surface area contributed by atoms with Crippen LogP contribution in [0.15, 0.2) is 42.5 Å². The number of nitrogens with zero attached hydrogens (tertiary/aromatic N) is 1. The SMILES string of the molecule is O=C1c2ccccc2C(O)(c2ccc3c(c2)NCCO3)N1C1CCNCC1. The van der Waals surface area contributed by atoms with Crippen LogP contribution in [0.3, 0.4) is 0 Å². The lowest BCUT2D eigenvalue weighted by Crippen LogP contribution is -2.53. The quantitative estimate of drug-likeness (QED) is 0.758. The Morgan fingerprint density at radius 3 is 2.78 bits per heavy atom. The number of carbonyl (C=O) groups is 1. The average Bonchev–Trinajstić information content (AvgIpc) is 2.97. The fraction of sp³-hybridized carbons (Fsp3) is 0.381. The normalized spacial score (nSPS) is 24.8. The monoisotopic (exact) mass is 365 g/mol. The number of anilines is 1. The van der Waals surface area contributed by atoms with Gasteiger partial charge in [-0.05, 0) is 44.1 Å². The summed E-state index contributed by atoms with van der Waals surface area (Å²) in [5.74, 6) is 0.682. The van der Waals surface area contributed by atoms with Gasteiger partial charge in [0.25, 0.3) is 5.91 Å². The second-order valence-corrected chi connectivity index (χ2v) is 7.36. The minimum Gasteiger partial charge on any atom is -0.490 e. The fourth-order valence-electron chi connectivity index (χ4n) is 4.53. The van der Waals surface area contributed by atoms with Crippen molar-refractivity contribution in [3.8, 4) is 5.75 Å². The van der Waals surface area contributed by atoms with Crippen molar-refractivity contribution in [1.29, 1.82) is 0 Å². The van der Waals surface area contributed by atoms with E-state index in [1.165, 1.54) is 0 Å². The van der Waals surface area contributed by atoms with Gasteiger partial charge in [-0.1, -0.05) is 24.3 Å². The first kappa shape index (κ1) is 16.6. The molecular formula is C21H23N3O3. The summed E-state index contributed by atoms with van der Waals surface area (Å²) in [6.45, 7) is 3.04. The van der Waals surface area contributed by atoms with E-state index >= 15 is 0 Å². The summed E-state index contributed by atoms with van der Waals surface area (Å²) in [6, 6.07) is 13.1. The Labute approximate surface area is 158 Å². The van der Waals surface area contributed by atoms with Crippen molar-refractivity contribution in [3.05, 3.63) is 59.2 Å². The lowest BCUT2D eigenvalue weighted by Gasteiger charge is -2.42. The van der Waals surface area contributed by atoms with E-state index < -0.39 is 5.72 Å². The van der Waals surface area contributed by atoms with Crippen molar-refractivity contribution >= 4 is 11.6 Å². The van der Waals surface area contributed by atoms with Gasteiger partial charge in [0.1, 0.15) is 12.4 Å². The first-order chi connectivity index (χ1) is 13.2. The fourth-order valence-corrected chi connectivity index (χ4v) is 4.53. The molecule has 0 radical (unpaired) electrons. The average molecular weight is 365 g/mol. The maximum Gasteiger partial charge on any atom is 0.257 e. The topological polar surface area (TPSA) is 73.8 Å². The van der Waals surface area contributed by atoms with E-state index in [0.29, 0.717) is 23.3 Å². The van der Waals surface area contributed by atoms with Crippen molar-refractivity contribution in [2.45, 2.75) is 24.6 Å². The molecule has 0 spiro atoms. The minimum atomic E-state index is -1.47. The van der Waals surface area contributed by atoms with Crippen LogP contribution >= 0.6 is 0 Å².